The SMILES string of the molecule is COc1ccc(CN2C[C@@H](C(=O)O)CC[C@@H](N(C)C)C2)cc1F. The summed E-state index contributed by atoms with van der Waals surface area (Å²) in [6.45, 7) is 1.81. The molecule has 1 N–H and O–H groups in total. The van der Waals surface area contributed by atoms with Crippen LogP contribution in [0, 0.1) is 11.7 Å². The van der Waals surface area contributed by atoms with Gasteiger partial charge in [-0.1, -0.05) is 6.07 Å². The number of methoxy groups -OCH3 is 1. The minimum absolute atomic E-state index is 0.221. The highest BCUT2D eigenvalue weighted by atomic mass is 19.1. The number of carboxylic acid groups (broad SMARTS) is 1. The topological polar surface area (TPSA) is 53.0 Å². The lowest BCUT2D eigenvalue weighted by Gasteiger charge is -2.28. The zero-order chi connectivity index (χ0) is 17.0. The summed E-state index contributed by atoms with van der Waals surface area (Å²) < 4.78 is 18.8. The molecule has 0 radical (unpaired) electrons. The van der Waals surface area contributed by atoms with E-state index < -0.39 is 11.8 Å². The molecule has 0 unspecified atom stereocenters. The Hall–Kier alpha value is -1.66. The molecule has 2 atom stereocenters. The van der Waals surface area contributed by atoms with Crippen LogP contribution in [0.5, 0.6) is 5.75 Å². The number of nitrogens with zero attached hydrogens (tertiary/aromatic N) is 2. The largest absolute Gasteiger partial charge is 0.494 e. The number of carbonyl (C=O) groups is 1. The molecule has 0 saturated carbocycles. The van der Waals surface area contributed by atoms with Crippen LogP contribution in [-0.2, 0) is 11.3 Å². The van der Waals surface area contributed by atoms with Crippen molar-refractivity contribution in [1.82, 2.24) is 9.80 Å². The minimum Gasteiger partial charge on any atom is -0.494 e. The second-order valence-corrected chi connectivity index (χ2v) is 6.39. The normalized spacial score (nSPS) is 22.8. The number of hydrogen-bond acceptors (Lipinski definition) is 4. The van der Waals surface area contributed by atoms with Crippen LogP contribution in [0.1, 0.15) is 18.4 Å². The zero-order valence-electron chi connectivity index (χ0n) is 14.0. The number of halogens is 1. The second-order valence-electron chi connectivity index (χ2n) is 6.39. The molecule has 1 aliphatic heterocycles. The van der Waals surface area contributed by atoms with Crippen LogP contribution < -0.4 is 4.74 Å². The third kappa shape index (κ3) is 4.65. The van der Waals surface area contributed by atoms with Crippen LogP contribution in [-0.4, -0.2) is 61.2 Å². The van der Waals surface area contributed by atoms with Crippen LogP contribution in [0.4, 0.5) is 4.39 Å². The summed E-state index contributed by atoms with van der Waals surface area (Å²) in [5.41, 5.74) is 0.826. The number of likely N-dealkylation sites (N-methyl/N-ethyl adjacent to an activating group) is 1. The predicted octanol–water partition coefficient (Wildman–Crippen LogP) is 2.06. The Balaban J connectivity index is 2.13. The van der Waals surface area contributed by atoms with E-state index in [1.165, 1.54) is 13.2 Å². The minimum atomic E-state index is -0.754. The van der Waals surface area contributed by atoms with Crippen LogP contribution >= 0.6 is 0 Å². The van der Waals surface area contributed by atoms with Gasteiger partial charge in [0.15, 0.2) is 11.6 Å². The summed E-state index contributed by atoms with van der Waals surface area (Å²) in [5, 5.41) is 9.37. The first kappa shape index (κ1) is 17.7. The number of likely N-dealkylation sites (tertiary alicyclic amines) is 1. The zero-order valence-corrected chi connectivity index (χ0v) is 14.0. The van der Waals surface area contributed by atoms with Crippen LogP contribution in [0.15, 0.2) is 18.2 Å². The fourth-order valence-electron chi connectivity index (χ4n) is 3.08. The highest BCUT2D eigenvalue weighted by Crippen LogP contribution is 2.23. The molecular formula is C17H25FN2O3. The van der Waals surface area contributed by atoms with E-state index in [0.29, 0.717) is 25.6 Å². The number of rotatable bonds is 5. The Morgan fingerprint density at radius 3 is 2.70 bits per heavy atom. The number of aliphatic carboxylic acids is 1. The van der Waals surface area contributed by atoms with Gasteiger partial charge in [-0.05, 0) is 44.6 Å². The van der Waals surface area contributed by atoms with Crippen molar-refractivity contribution in [2.45, 2.75) is 25.4 Å². The first-order valence-electron chi connectivity index (χ1n) is 7.84. The van der Waals surface area contributed by atoms with Crippen molar-refractivity contribution >= 4 is 5.97 Å². The van der Waals surface area contributed by atoms with Crippen molar-refractivity contribution in [1.29, 1.82) is 0 Å². The van der Waals surface area contributed by atoms with Gasteiger partial charge in [-0.25, -0.2) is 4.39 Å². The van der Waals surface area contributed by atoms with Gasteiger partial charge in [-0.2, -0.15) is 0 Å². The fraction of sp³-hybridized carbons (Fsp3) is 0.588. The smallest absolute Gasteiger partial charge is 0.307 e. The number of carboxylic acids is 1. The summed E-state index contributed by atoms with van der Waals surface area (Å²) in [5.74, 6) is -1.30. The van der Waals surface area contributed by atoms with E-state index in [0.717, 1.165) is 18.5 Å². The third-order valence-corrected chi connectivity index (χ3v) is 4.50. The van der Waals surface area contributed by atoms with Crippen molar-refractivity contribution in [3.05, 3.63) is 29.6 Å². The van der Waals surface area contributed by atoms with Gasteiger partial charge in [0.2, 0.25) is 0 Å². The van der Waals surface area contributed by atoms with E-state index in [1.54, 1.807) is 6.07 Å². The van der Waals surface area contributed by atoms with Gasteiger partial charge >= 0.3 is 5.97 Å². The monoisotopic (exact) mass is 324 g/mol. The Morgan fingerprint density at radius 2 is 2.13 bits per heavy atom. The van der Waals surface area contributed by atoms with Gasteiger partial charge < -0.3 is 14.7 Å². The standard InChI is InChI=1S/C17H25FN2O3/c1-19(2)14-6-5-13(17(21)22)10-20(11-14)9-12-4-7-16(23-3)15(18)8-12/h4,7-8,13-14H,5-6,9-11H2,1-3H3,(H,21,22)/t13-,14+/m0/s1. The molecule has 0 bridgehead atoms. The Bertz CT molecular complexity index is 551. The number of hydrogen-bond donors (Lipinski definition) is 1. The molecule has 6 heteroatoms. The third-order valence-electron chi connectivity index (χ3n) is 4.50. The molecule has 1 aliphatic rings. The van der Waals surface area contributed by atoms with Gasteiger partial charge in [0.1, 0.15) is 0 Å². The quantitative estimate of drug-likeness (QED) is 0.898. The number of benzene rings is 1. The maximum absolute atomic E-state index is 13.8. The molecule has 0 spiro atoms. The molecule has 0 aliphatic carbocycles. The molecule has 1 aromatic rings. The molecule has 1 saturated heterocycles. The molecule has 128 valence electrons. The van der Waals surface area contributed by atoms with E-state index in [2.05, 4.69) is 9.80 Å². The van der Waals surface area contributed by atoms with Crippen LogP contribution in [0.25, 0.3) is 0 Å². The van der Waals surface area contributed by atoms with Crippen molar-refractivity contribution in [2.24, 2.45) is 5.92 Å². The van der Waals surface area contributed by atoms with Crippen LogP contribution in [0.2, 0.25) is 0 Å². The van der Waals surface area contributed by atoms with Gasteiger partial charge in [0, 0.05) is 25.7 Å². The molecule has 0 aromatic heterocycles. The average molecular weight is 324 g/mol. The Morgan fingerprint density at radius 1 is 1.39 bits per heavy atom. The highest BCUT2D eigenvalue weighted by molar-refractivity contribution is 5.70. The van der Waals surface area contributed by atoms with E-state index in [4.69, 9.17) is 4.74 Å². The number of ether oxygens (including phenoxy) is 1. The lowest BCUT2D eigenvalue weighted by Crippen LogP contribution is -2.39. The summed E-state index contributed by atoms with van der Waals surface area (Å²) in [7, 11) is 5.46. The molecule has 5 nitrogen and oxygen atoms in total. The van der Waals surface area contributed by atoms with E-state index >= 15 is 0 Å². The highest BCUT2D eigenvalue weighted by Gasteiger charge is 2.29. The molecule has 1 aromatic carbocycles. The molecular weight excluding hydrogens is 299 g/mol. The molecule has 0 amide bonds. The van der Waals surface area contributed by atoms with E-state index in [-0.39, 0.29) is 11.7 Å². The average Bonchev–Trinajstić information content (AvgIpc) is 2.70. The fourth-order valence-corrected chi connectivity index (χ4v) is 3.08. The predicted molar refractivity (Wildman–Crippen MR) is 86.1 cm³/mol. The Kier molecular flexibility index (Phi) is 5.96. The summed E-state index contributed by atoms with van der Waals surface area (Å²) in [6, 6.07) is 5.21. The van der Waals surface area contributed by atoms with Crippen molar-refractivity contribution < 1.29 is 19.0 Å². The van der Waals surface area contributed by atoms with Crippen molar-refractivity contribution in [3.8, 4) is 5.75 Å². The molecule has 1 heterocycles. The van der Waals surface area contributed by atoms with Crippen molar-refractivity contribution in [2.75, 3.05) is 34.3 Å². The second kappa shape index (κ2) is 7.75. The van der Waals surface area contributed by atoms with Gasteiger partial charge in [-0.3, -0.25) is 9.69 Å². The maximum atomic E-state index is 13.8. The maximum Gasteiger partial charge on any atom is 0.307 e. The molecule has 1 fully saturated rings. The van der Waals surface area contributed by atoms with Gasteiger partial charge in [0.25, 0.3) is 0 Å². The summed E-state index contributed by atoms with van der Waals surface area (Å²) in [4.78, 5) is 15.6. The first-order chi connectivity index (χ1) is 10.9. The van der Waals surface area contributed by atoms with Gasteiger partial charge in [0.05, 0.1) is 13.0 Å². The van der Waals surface area contributed by atoms with Crippen LogP contribution in [0.3, 0.4) is 0 Å². The molecule has 23 heavy (non-hydrogen) atoms. The van der Waals surface area contributed by atoms with Crippen molar-refractivity contribution in [3.63, 3.8) is 0 Å². The Labute approximate surface area is 136 Å². The lowest BCUT2D eigenvalue weighted by atomic mass is 10.0. The summed E-state index contributed by atoms with van der Waals surface area (Å²) in [6.07, 6.45) is 1.53. The summed E-state index contributed by atoms with van der Waals surface area (Å²) >= 11 is 0. The first-order valence-corrected chi connectivity index (χ1v) is 7.84. The lowest BCUT2D eigenvalue weighted by molar-refractivity contribution is -0.142. The molecule has 2 rings (SSSR count). The van der Waals surface area contributed by atoms with E-state index in [9.17, 15) is 14.3 Å². The van der Waals surface area contributed by atoms with E-state index in [1.807, 2.05) is 20.2 Å². The van der Waals surface area contributed by atoms with Gasteiger partial charge in [-0.15, -0.1) is 0 Å².